The number of nitro groups is 1. The predicted molar refractivity (Wildman–Crippen MR) is 145 cm³/mol. The molecule has 4 rings (SSSR count). The molecule has 200 valence electrons. The normalized spacial score (nSPS) is 11.7. The molecule has 7 nitrogen and oxygen atoms in total. The first-order chi connectivity index (χ1) is 17.7. The number of ether oxygens (including phenoxy) is 2. The first-order valence-electron chi connectivity index (χ1n) is 11.1. The second kappa shape index (κ2) is 12.3. The molecule has 3 aromatic carbocycles. The van der Waals surface area contributed by atoms with Crippen molar-refractivity contribution in [1.82, 2.24) is 4.57 Å². The molecule has 0 fully saturated rings. The Hall–Kier alpha value is -3.64. The summed E-state index contributed by atoms with van der Waals surface area (Å²) in [6.45, 7) is 0.448. The van der Waals surface area contributed by atoms with Gasteiger partial charge in [-0.25, -0.2) is 4.99 Å². The lowest BCUT2D eigenvalue weighted by molar-refractivity contribution is -0.384. The van der Waals surface area contributed by atoms with Crippen LogP contribution in [0.1, 0.15) is 11.1 Å². The van der Waals surface area contributed by atoms with Crippen LogP contribution in [0.4, 0.5) is 24.5 Å². The van der Waals surface area contributed by atoms with Crippen molar-refractivity contribution in [1.29, 1.82) is 0 Å². The molecule has 0 radical (unpaired) electrons. The summed E-state index contributed by atoms with van der Waals surface area (Å²) in [4.78, 5) is 15.6. The molecule has 1 heterocycles. The average Bonchev–Trinajstić information content (AvgIpc) is 3.29. The van der Waals surface area contributed by atoms with Crippen molar-refractivity contribution in [3.63, 3.8) is 0 Å². The smallest absolute Gasteiger partial charge is 0.416 e. The highest BCUT2D eigenvalue weighted by Crippen LogP contribution is 2.32. The minimum Gasteiger partial charge on any atom is -0.493 e. The number of aromatic nitrogens is 1. The van der Waals surface area contributed by atoms with E-state index >= 15 is 0 Å². The Kier molecular flexibility index (Phi) is 9.34. The number of non-ortho nitro benzene ring substituents is 1. The van der Waals surface area contributed by atoms with Gasteiger partial charge in [-0.05, 0) is 60.0 Å². The van der Waals surface area contributed by atoms with Crippen LogP contribution >= 0.6 is 28.3 Å². The lowest BCUT2D eigenvalue weighted by atomic mass is 10.1. The molecule has 0 aliphatic rings. The fourth-order valence-corrected chi connectivity index (χ4v) is 4.71. The van der Waals surface area contributed by atoms with Crippen molar-refractivity contribution >= 4 is 39.7 Å². The summed E-state index contributed by atoms with van der Waals surface area (Å²) in [6.07, 6.45) is -3.92. The van der Waals surface area contributed by atoms with Gasteiger partial charge in [-0.15, -0.1) is 28.3 Å². The van der Waals surface area contributed by atoms with Crippen molar-refractivity contribution in [3.8, 4) is 22.8 Å². The number of rotatable bonds is 8. The molecule has 0 spiro atoms. The highest BCUT2D eigenvalue weighted by Gasteiger charge is 2.30. The Morgan fingerprint density at radius 1 is 1.00 bits per heavy atom. The Morgan fingerprint density at radius 2 is 1.71 bits per heavy atom. The highest BCUT2D eigenvalue weighted by atomic mass is 79.9. The fourth-order valence-electron chi connectivity index (χ4n) is 3.76. The van der Waals surface area contributed by atoms with Crippen LogP contribution in [0, 0.1) is 10.1 Å². The third-order valence-electron chi connectivity index (χ3n) is 5.64. The minimum atomic E-state index is -4.48. The zero-order valence-corrected chi connectivity index (χ0v) is 22.8. The van der Waals surface area contributed by atoms with E-state index in [1.807, 2.05) is 22.1 Å². The number of aryl methyl sites for hydroxylation is 1. The molecule has 38 heavy (non-hydrogen) atoms. The summed E-state index contributed by atoms with van der Waals surface area (Å²) in [5.41, 5.74) is 1.77. The van der Waals surface area contributed by atoms with Gasteiger partial charge in [-0.3, -0.25) is 10.1 Å². The monoisotopic (exact) mass is 609 g/mol. The van der Waals surface area contributed by atoms with E-state index in [-0.39, 0.29) is 28.4 Å². The van der Waals surface area contributed by atoms with Crippen LogP contribution in [-0.2, 0) is 19.1 Å². The Labute approximate surface area is 230 Å². The molecular weight excluding hydrogens is 587 g/mol. The van der Waals surface area contributed by atoms with E-state index in [0.717, 1.165) is 29.0 Å². The van der Waals surface area contributed by atoms with Gasteiger partial charge in [-0.1, -0.05) is 12.1 Å². The van der Waals surface area contributed by atoms with Crippen LogP contribution in [-0.4, -0.2) is 23.7 Å². The molecule has 0 saturated carbocycles. The molecule has 0 N–H and O–H groups in total. The van der Waals surface area contributed by atoms with E-state index in [0.29, 0.717) is 29.3 Å². The minimum absolute atomic E-state index is 0. The van der Waals surface area contributed by atoms with E-state index in [1.165, 1.54) is 35.6 Å². The maximum absolute atomic E-state index is 13.2. The third kappa shape index (κ3) is 6.62. The lowest BCUT2D eigenvalue weighted by Gasteiger charge is -2.12. The molecule has 0 amide bonds. The maximum atomic E-state index is 13.2. The van der Waals surface area contributed by atoms with Gasteiger partial charge in [0, 0.05) is 24.1 Å². The van der Waals surface area contributed by atoms with Gasteiger partial charge in [0.05, 0.1) is 36.1 Å². The van der Waals surface area contributed by atoms with Gasteiger partial charge >= 0.3 is 6.18 Å². The van der Waals surface area contributed by atoms with Gasteiger partial charge in [-0.2, -0.15) is 13.2 Å². The SMILES string of the molecule is Br.COc1ccc(CCn2c(-c3ccc([N+](=O)[O-])cc3)csc2=Nc2cccc(C(F)(F)F)c2)cc1OC. The Morgan fingerprint density at radius 3 is 2.34 bits per heavy atom. The molecule has 4 aromatic rings. The molecule has 0 aliphatic heterocycles. The van der Waals surface area contributed by atoms with Gasteiger partial charge in [0.15, 0.2) is 16.3 Å². The summed E-state index contributed by atoms with van der Waals surface area (Å²) >= 11 is 1.28. The van der Waals surface area contributed by atoms with Gasteiger partial charge in [0.1, 0.15) is 0 Å². The number of nitro benzene ring substituents is 1. The van der Waals surface area contributed by atoms with Crippen LogP contribution in [0.15, 0.2) is 77.1 Å². The van der Waals surface area contributed by atoms with E-state index in [2.05, 4.69) is 4.99 Å². The summed E-state index contributed by atoms with van der Waals surface area (Å²) in [5.74, 6) is 1.18. The van der Waals surface area contributed by atoms with Crippen LogP contribution in [0.5, 0.6) is 11.5 Å². The number of hydrogen-bond donors (Lipinski definition) is 0. The maximum Gasteiger partial charge on any atom is 0.416 e. The van der Waals surface area contributed by atoms with Crippen LogP contribution in [0.2, 0.25) is 0 Å². The van der Waals surface area contributed by atoms with Crippen LogP contribution < -0.4 is 14.3 Å². The van der Waals surface area contributed by atoms with Gasteiger partial charge < -0.3 is 14.0 Å². The van der Waals surface area contributed by atoms with Crippen molar-refractivity contribution < 1.29 is 27.6 Å². The van der Waals surface area contributed by atoms with E-state index in [1.54, 1.807) is 32.4 Å². The standard InChI is InChI=1S/C26H22F3N3O4S.BrH/c1-35-23-11-6-17(14-24(23)36-2)12-13-31-22(18-7-9-21(10-8-18)32(33)34)16-37-25(31)30-20-5-3-4-19(15-20)26(27,28)29;/h3-11,14-16H,12-13H2,1-2H3;1H. The van der Waals surface area contributed by atoms with Crippen molar-refractivity contribution in [2.45, 2.75) is 19.1 Å². The van der Waals surface area contributed by atoms with Gasteiger partial charge in [0.2, 0.25) is 0 Å². The van der Waals surface area contributed by atoms with E-state index < -0.39 is 16.7 Å². The van der Waals surface area contributed by atoms with E-state index in [4.69, 9.17) is 9.47 Å². The van der Waals surface area contributed by atoms with Crippen molar-refractivity contribution in [2.24, 2.45) is 4.99 Å². The quantitative estimate of drug-likeness (QED) is 0.156. The molecule has 0 bridgehead atoms. The molecule has 12 heteroatoms. The molecule has 1 aromatic heterocycles. The molecule has 0 atom stereocenters. The number of alkyl halides is 3. The Bertz CT molecular complexity index is 1480. The molecular formula is C26H23BrF3N3O4S. The van der Waals surface area contributed by atoms with Crippen LogP contribution in [0.25, 0.3) is 11.3 Å². The number of nitrogens with zero attached hydrogens (tertiary/aromatic N) is 3. The molecule has 0 aliphatic carbocycles. The third-order valence-corrected chi connectivity index (χ3v) is 6.51. The first kappa shape index (κ1) is 28.9. The second-order valence-corrected chi connectivity index (χ2v) is 8.79. The highest BCUT2D eigenvalue weighted by molar-refractivity contribution is 8.93. The Balaban J connectivity index is 0.00000400. The largest absolute Gasteiger partial charge is 0.493 e. The first-order valence-corrected chi connectivity index (χ1v) is 11.9. The topological polar surface area (TPSA) is 78.9 Å². The predicted octanol–water partition coefficient (Wildman–Crippen LogP) is 7.21. The van der Waals surface area contributed by atoms with Gasteiger partial charge in [0.25, 0.3) is 5.69 Å². The number of methoxy groups -OCH3 is 2. The number of halogens is 4. The lowest BCUT2D eigenvalue weighted by Crippen LogP contribution is -2.17. The summed E-state index contributed by atoms with van der Waals surface area (Å²) in [5, 5.41) is 12.9. The summed E-state index contributed by atoms with van der Waals surface area (Å²) in [6, 6.07) is 16.5. The van der Waals surface area contributed by atoms with Crippen LogP contribution in [0.3, 0.4) is 0 Å². The average molecular weight is 610 g/mol. The molecule has 0 unspecified atom stereocenters. The summed E-state index contributed by atoms with van der Waals surface area (Å²) < 4.78 is 52.2. The summed E-state index contributed by atoms with van der Waals surface area (Å²) in [7, 11) is 3.10. The van der Waals surface area contributed by atoms with Crippen molar-refractivity contribution in [3.05, 3.63) is 98.2 Å². The number of hydrogen-bond acceptors (Lipinski definition) is 6. The zero-order chi connectivity index (χ0) is 26.6. The van der Waals surface area contributed by atoms with Crippen molar-refractivity contribution in [2.75, 3.05) is 14.2 Å². The second-order valence-electron chi connectivity index (χ2n) is 7.96. The fraction of sp³-hybridized carbons (Fsp3) is 0.192. The number of thiazole rings is 1. The van der Waals surface area contributed by atoms with E-state index in [9.17, 15) is 23.3 Å². The number of benzene rings is 3. The zero-order valence-electron chi connectivity index (χ0n) is 20.3. The molecule has 0 saturated heterocycles.